The molecule has 1 atom stereocenters. The lowest BCUT2D eigenvalue weighted by Crippen LogP contribution is -2.28. The van der Waals surface area contributed by atoms with Gasteiger partial charge in [0.1, 0.15) is 23.9 Å². The van der Waals surface area contributed by atoms with Crippen LogP contribution in [0.3, 0.4) is 0 Å². The van der Waals surface area contributed by atoms with E-state index in [9.17, 15) is 4.79 Å². The zero-order valence-corrected chi connectivity index (χ0v) is 15.4. The van der Waals surface area contributed by atoms with E-state index >= 15 is 0 Å². The van der Waals surface area contributed by atoms with E-state index in [-0.39, 0.29) is 0 Å². The Hall–Kier alpha value is -1.95. The SMILES string of the molecule is CNCCOC(=O)[C@@H](C)Oc1ccc(Oc2ccc(Cl)cc2Cl)cc1. The molecule has 0 saturated heterocycles. The number of hydrogen-bond acceptors (Lipinski definition) is 5. The average Bonchev–Trinajstić information content (AvgIpc) is 2.59. The van der Waals surface area contributed by atoms with Crippen molar-refractivity contribution in [1.82, 2.24) is 5.32 Å². The molecule has 134 valence electrons. The van der Waals surface area contributed by atoms with Crippen LogP contribution in [-0.4, -0.2) is 32.3 Å². The second-order valence-corrected chi connectivity index (χ2v) is 6.02. The molecule has 0 saturated carbocycles. The predicted octanol–water partition coefficient (Wildman–Crippen LogP) is 4.32. The number of nitrogens with one attached hydrogen (secondary N) is 1. The summed E-state index contributed by atoms with van der Waals surface area (Å²) in [5.41, 5.74) is 0. The molecule has 1 N–H and O–H groups in total. The zero-order chi connectivity index (χ0) is 18.2. The maximum atomic E-state index is 11.8. The van der Waals surface area contributed by atoms with Gasteiger partial charge in [-0.3, -0.25) is 0 Å². The monoisotopic (exact) mass is 383 g/mol. The number of esters is 1. The van der Waals surface area contributed by atoms with Gasteiger partial charge in [0.25, 0.3) is 0 Å². The Bertz CT molecular complexity index is 707. The first-order chi connectivity index (χ1) is 12.0. The molecule has 0 fully saturated rings. The van der Waals surface area contributed by atoms with E-state index in [1.54, 1.807) is 56.4 Å². The molecule has 0 aromatic heterocycles. The second kappa shape index (κ2) is 9.51. The Kier molecular flexibility index (Phi) is 7.37. The number of carbonyl (C=O) groups excluding carboxylic acids is 1. The van der Waals surface area contributed by atoms with Crippen molar-refractivity contribution in [3.05, 3.63) is 52.5 Å². The van der Waals surface area contributed by atoms with E-state index in [1.807, 2.05) is 0 Å². The highest BCUT2D eigenvalue weighted by Gasteiger charge is 2.16. The van der Waals surface area contributed by atoms with Crippen LogP contribution in [0.4, 0.5) is 0 Å². The molecular weight excluding hydrogens is 365 g/mol. The van der Waals surface area contributed by atoms with Gasteiger partial charge < -0.3 is 19.5 Å². The molecule has 0 unspecified atom stereocenters. The van der Waals surface area contributed by atoms with E-state index in [0.29, 0.717) is 40.4 Å². The molecule has 0 aliphatic heterocycles. The van der Waals surface area contributed by atoms with Crippen LogP contribution in [0.2, 0.25) is 10.0 Å². The van der Waals surface area contributed by atoms with Crippen molar-refractivity contribution in [2.45, 2.75) is 13.0 Å². The smallest absolute Gasteiger partial charge is 0.347 e. The molecule has 25 heavy (non-hydrogen) atoms. The van der Waals surface area contributed by atoms with Crippen molar-refractivity contribution >= 4 is 29.2 Å². The van der Waals surface area contributed by atoms with Crippen molar-refractivity contribution in [2.24, 2.45) is 0 Å². The number of hydrogen-bond donors (Lipinski definition) is 1. The number of benzene rings is 2. The van der Waals surface area contributed by atoms with Crippen LogP contribution >= 0.6 is 23.2 Å². The number of likely N-dealkylation sites (N-methyl/N-ethyl adjacent to an activating group) is 1. The van der Waals surface area contributed by atoms with E-state index in [1.165, 1.54) is 0 Å². The highest BCUT2D eigenvalue weighted by atomic mass is 35.5. The zero-order valence-electron chi connectivity index (χ0n) is 13.9. The molecule has 0 heterocycles. The summed E-state index contributed by atoms with van der Waals surface area (Å²) in [5.74, 6) is 1.21. The lowest BCUT2D eigenvalue weighted by Gasteiger charge is -2.14. The van der Waals surface area contributed by atoms with E-state index < -0.39 is 12.1 Å². The van der Waals surface area contributed by atoms with Crippen molar-refractivity contribution < 1.29 is 19.0 Å². The van der Waals surface area contributed by atoms with Gasteiger partial charge in [0.15, 0.2) is 6.10 Å². The molecule has 2 aromatic rings. The topological polar surface area (TPSA) is 56.8 Å². The summed E-state index contributed by atoms with van der Waals surface area (Å²) in [6, 6.07) is 11.9. The van der Waals surface area contributed by atoms with Crippen LogP contribution in [0, 0.1) is 0 Å². The molecule has 2 aromatic carbocycles. The van der Waals surface area contributed by atoms with Crippen LogP contribution in [-0.2, 0) is 9.53 Å². The van der Waals surface area contributed by atoms with Crippen molar-refractivity contribution in [1.29, 1.82) is 0 Å². The van der Waals surface area contributed by atoms with Crippen LogP contribution in [0.15, 0.2) is 42.5 Å². The fourth-order valence-electron chi connectivity index (χ4n) is 1.89. The van der Waals surface area contributed by atoms with Gasteiger partial charge in [0.2, 0.25) is 0 Å². The summed E-state index contributed by atoms with van der Waals surface area (Å²) in [6.07, 6.45) is -0.700. The fraction of sp³-hybridized carbons (Fsp3) is 0.278. The molecule has 0 amide bonds. The molecule has 5 nitrogen and oxygen atoms in total. The van der Waals surface area contributed by atoms with Crippen molar-refractivity contribution in [3.63, 3.8) is 0 Å². The lowest BCUT2D eigenvalue weighted by molar-refractivity contribution is -0.150. The molecule has 0 bridgehead atoms. The van der Waals surface area contributed by atoms with Gasteiger partial charge in [-0.1, -0.05) is 23.2 Å². The maximum absolute atomic E-state index is 11.8. The lowest BCUT2D eigenvalue weighted by atomic mass is 10.3. The van der Waals surface area contributed by atoms with Gasteiger partial charge in [-0.25, -0.2) is 4.79 Å². The summed E-state index contributed by atoms with van der Waals surface area (Å²) in [6.45, 7) is 2.54. The van der Waals surface area contributed by atoms with E-state index in [2.05, 4.69) is 5.32 Å². The molecular formula is C18H19Cl2NO4. The van der Waals surface area contributed by atoms with Gasteiger partial charge >= 0.3 is 5.97 Å². The summed E-state index contributed by atoms with van der Waals surface area (Å²) < 4.78 is 16.3. The first-order valence-electron chi connectivity index (χ1n) is 7.70. The Morgan fingerprint density at radius 3 is 2.44 bits per heavy atom. The minimum Gasteiger partial charge on any atom is -0.479 e. The van der Waals surface area contributed by atoms with Crippen LogP contribution in [0.1, 0.15) is 6.92 Å². The van der Waals surface area contributed by atoms with Gasteiger partial charge in [-0.05, 0) is 56.4 Å². The normalized spacial score (nSPS) is 11.7. The average molecular weight is 384 g/mol. The van der Waals surface area contributed by atoms with Gasteiger partial charge in [0, 0.05) is 11.6 Å². The predicted molar refractivity (Wildman–Crippen MR) is 98.0 cm³/mol. The maximum Gasteiger partial charge on any atom is 0.347 e. The Morgan fingerprint density at radius 1 is 1.12 bits per heavy atom. The molecule has 0 aliphatic carbocycles. The molecule has 2 rings (SSSR count). The van der Waals surface area contributed by atoms with Gasteiger partial charge in [-0.15, -0.1) is 0 Å². The van der Waals surface area contributed by atoms with Gasteiger partial charge in [0.05, 0.1) is 5.02 Å². The first-order valence-corrected chi connectivity index (χ1v) is 8.46. The van der Waals surface area contributed by atoms with E-state index in [0.717, 1.165) is 0 Å². The third-order valence-corrected chi connectivity index (χ3v) is 3.72. The highest BCUT2D eigenvalue weighted by molar-refractivity contribution is 6.35. The number of carbonyl (C=O) groups is 1. The summed E-state index contributed by atoms with van der Waals surface area (Å²) in [7, 11) is 1.79. The quantitative estimate of drug-likeness (QED) is 0.543. The molecule has 0 radical (unpaired) electrons. The third kappa shape index (κ3) is 6.12. The Balaban J connectivity index is 1.92. The van der Waals surface area contributed by atoms with Crippen LogP contribution < -0.4 is 14.8 Å². The van der Waals surface area contributed by atoms with Gasteiger partial charge in [-0.2, -0.15) is 0 Å². The van der Waals surface area contributed by atoms with Crippen LogP contribution in [0.5, 0.6) is 17.2 Å². The highest BCUT2D eigenvalue weighted by Crippen LogP contribution is 2.32. The summed E-state index contributed by atoms with van der Waals surface area (Å²) >= 11 is 11.9. The Labute approximate surface area is 156 Å². The third-order valence-electron chi connectivity index (χ3n) is 3.19. The van der Waals surface area contributed by atoms with Crippen molar-refractivity contribution in [3.8, 4) is 17.2 Å². The Morgan fingerprint density at radius 2 is 1.80 bits per heavy atom. The fourth-order valence-corrected chi connectivity index (χ4v) is 2.34. The van der Waals surface area contributed by atoms with Crippen molar-refractivity contribution in [2.75, 3.05) is 20.2 Å². The molecule has 7 heteroatoms. The second-order valence-electron chi connectivity index (χ2n) is 5.18. The molecule has 0 aliphatic rings. The minimum atomic E-state index is -0.700. The summed E-state index contributed by atoms with van der Waals surface area (Å²) in [5, 5.41) is 3.86. The number of halogens is 2. The molecule has 0 spiro atoms. The standard InChI is InChI=1S/C18H19Cl2NO4/c1-12(18(22)23-10-9-21-2)24-14-4-6-15(7-5-14)25-17-8-3-13(19)11-16(17)20/h3-8,11-12,21H,9-10H2,1-2H3/t12-/m1/s1. The number of rotatable bonds is 8. The largest absolute Gasteiger partial charge is 0.479 e. The summed E-state index contributed by atoms with van der Waals surface area (Å²) in [4.78, 5) is 11.8. The number of ether oxygens (including phenoxy) is 3. The minimum absolute atomic E-state index is 0.303. The van der Waals surface area contributed by atoms with Crippen LogP contribution in [0.25, 0.3) is 0 Å². The first kappa shape index (κ1) is 19.4. The van der Waals surface area contributed by atoms with E-state index in [4.69, 9.17) is 37.4 Å².